The number of nitrogens with two attached hydrogens (primary N) is 1. The maximum absolute atomic E-state index is 12.6. The molecule has 1 aromatic rings. The number of nitrogens with zero attached hydrogens (tertiary/aromatic N) is 1. The van der Waals surface area contributed by atoms with Crippen LogP contribution in [0.1, 0.15) is 24.2 Å². The number of carbonyl (C=O) groups excluding carboxylic acids is 1. The highest BCUT2D eigenvalue weighted by Crippen LogP contribution is 2.28. The predicted octanol–water partition coefficient (Wildman–Crippen LogP) is 3.36. The highest BCUT2D eigenvalue weighted by Gasteiger charge is 2.22. The molecule has 0 spiro atoms. The molecule has 1 amide bonds. The molecule has 5 nitrogen and oxygen atoms in total. The topological polar surface area (TPSA) is 67.6 Å². The minimum Gasteiger partial charge on any atom is -0.496 e. The van der Waals surface area contributed by atoms with Crippen molar-refractivity contribution < 1.29 is 9.53 Å². The van der Waals surface area contributed by atoms with Gasteiger partial charge in [-0.2, -0.15) is 0 Å². The van der Waals surface area contributed by atoms with E-state index < -0.39 is 0 Å². The number of hydrogen-bond donors (Lipinski definition) is 2. The molecule has 1 atom stereocenters. The van der Waals surface area contributed by atoms with Gasteiger partial charge in [-0.05, 0) is 12.0 Å². The first kappa shape index (κ1) is 21.1. The van der Waals surface area contributed by atoms with Crippen molar-refractivity contribution in [3.8, 4) is 5.75 Å². The Labute approximate surface area is 155 Å². The van der Waals surface area contributed by atoms with Gasteiger partial charge in [-0.1, -0.05) is 37.6 Å². The zero-order valence-corrected chi connectivity index (χ0v) is 16.0. The minimum absolute atomic E-state index is 0.148. The van der Waals surface area contributed by atoms with Crippen LogP contribution in [0.15, 0.2) is 37.4 Å². The number of amides is 1. The second-order valence-electron chi connectivity index (χ2n) is 6.13. The molecule has 0 bridgehead atoms. The molecule has 6 heteroatoms. The Balaban J connectivity index is 2.92. The maximum atomic E-state index is 12.6. The second-order valence-corrected chi connectivity index (χ2v) is 6.53. The molecule has 0 aromatic heterocycles. The summed E-state index contributed by atoms with van der Waals surface area (Å²) in [4.78, 5) is 14.8. The summed E-state index contributed by atoms with van der Waals surface area (Å²) in [5, 5.41) is 3.30. The molecule has 0 saturated heterocycles. The Morgan fingerprint density at radius 2 is 1.96 bits per heavy atom. The van der Waals surface area contributed by atoms with Crippen LogP contribution < -0.4 is 15.8 Å². The summed E-state index contributed by atoms with van der Waals surface area (Å²) in [6.45, 7) is 13.8. The van der Waals surface area contributed by atoms with Gasteiger partial charge >= 0.3 is 0 Å². The monoisotopic (exact) mass is 365 g/mol. The van der Waals surface area contributed by atoms with Crippen molar-refractivity contribution >= 4 is 23.2 Å². The molecule has 1 aromatic carbocycles. The number of rotatable bonds is 10. The van der Waals surface area contributed by atoms with Gasteiger partial charge in [0.2, 0.25) is 0 Å². The third-order valence-corrected chi connectivity index (χ3v) is 4.33. The van der Waals surface area contributed by atoms with Crippen LogP contribution in [-0.2, 0) is 0 Å². The normalized spacial score (nSPS) is 12.1. The summed E-state index contributed by atoms with van der Waals surface area (Å²) < 4.78 is 5.24. The van der Waals surface area contributed by atoms with Crippen molar-refractivity contribution in [2.75, 3.05) is 32.5 Å². The van der Waals surface area contributed by atoms with Crippen LogP contribution in [-0.4, -0.2) is 43.6 Å². The Bertz CT molecular complexity index is 607. The first-order valence-corrected chi connectivity index (χ1v) is 8.60. The third-order valence-electron chi connectivity index (χ3n) is 4.00. The Hall–Kier alpha value is -1.98. The van der Waals surface area contributed by atoms with Crippen LogP contribution in [0.25, 0.3) is 0 Å². The molecule has 3 N–H and O–H groups in total. The van der Waals surface area contributed by atoms with Crippen molar-refractivity contribution in [3.63, 3.8) is 0 Å². The molecule has 1 rings (SSSR count). The second kappa shape index (κ2) is 10.1. The maximum Gasteiger partial charge on any atom is 0.255 e. The van der Waals surface area contributed by atoms with E-state index in [1.807, 2.05) is 12.2 Å². The largest absolute Gasteiger partial charge is 0.496 e. The molecular formula is C19H28ClN3O2. The fraction of sp³-hybridized carbons (Fsp3) is 0.421. The SMILES string of the molecule is C=CCN(CC=C)C(CNC(=O)c1cc(Cl)c(N)cc1OC)C(C)C. The molecule has 0 aliphatic carbocycles. The van der Waals surface area contributed by atoms with Gasteiger partial charge in [-0.25, -0.2) is 0 Å². The standard InChI is InChI=1S/C19H28ClN3O2/c1-6-8-23(9-7-2)17(13(3)4)12-22-19(24)14-10-15(20)16(21)11-18(14)25-5/h6-7,10-11,13,17H,1-2,8-9,12,21H2,3-5H3,(H,22,24). The van der Waals surface area contributed by atoms with Gasteiger partial charge < -0.3 is 15.8 Å². The van der Waals surface area contributed by atoms with E-state index in [-0.39, 0.29) is 11.9 Å². The molecule has 0 aliphatic rings. The Kier molecular flexibility index (Phi) is 8.52. The average Bonchev–Trinajstić information content (AvgIpc) is 2.56. The number of nitrogens with one attached hydrogen (secondary N) is 1. The molecular weight excluding hydrogens is 338 g/mol. The van der Waals surface area contributed by atoms with E-state index in [0.29, 0.717) is 34.5 Å². The number of anilines is 1. The molecule has 1 unspecified atom stereocenters. The number of halogens is 1. The van der Waals surface area contributed by atoms with E-state index in [2.05, 4.69) is 37.2 Å². The zero-order chi connectivity index (χ0) is 19.0. The summed E-state index contributed by atoms with van der Waals surface area (Å²) in [5.41, 5.74) is 6.50. The van der Waals surface area contributed by atoms with E-state index in [9.17, 15) is 4.79 Å². The van der Waals surface area contributed by atoms with Gasteiger partial charge in [-0.15, -0.1) is 13.2 Å². The summed E-state index contributed by atoms with van der Waals surface area (Å²) in [7, 11) is 1.49. The van der Waals surface area contributed by atoms with Crippen molar-refractivity contribution in [3.05, 3.63) is 48.0 Å². The number of ether oxygens (including phenoxy) is 1. The first-order valence-electron chi connectivity index (χ1n) is 8.22. The highest BCUT2D eigenvalue weighted by atomic mass is 35.5. The van der Waals surface area contributed by atoms with Crippen molar-refractivity contribution in [2.45, 2.75) is 19.9 Å². The van der Waals surface area contributed by atoms with E-state index >= 15 is 0 Å². The fourth-order valence-electron chi connectivity index (χ4n) is 2.67. The quantitative estimate of drug-likeness (QED) is 0.493. The van der Waals surface area contributed by atoms with E-state index in [4.69, 9.17) is 22.1 Å². The van der Waals surface area contributed by atoms with Crippen LogP contribution in [0.3, 0.4) is 0 Å². The first-order chi connectivity index (χ1) is 11.8. The fourth-order valence-corrected chi connectivity index (χ4v) is 2.84. The van der Waals surface area contributed by atoms with Crippen LogP contribution in [0, 0.1) is 5.92 Å². The number of benzene rings is 1. The van der Waals surface area contributed by atoms with Crippen LogP contribution in [0.4, 0.5) is 5.69 Å². The van der Waals surface area contributed by atoms with Gasteiger partial charge in [0.05, 0.1) is 23.4 Å². The number of methoxy groups -OCH3 is 1. The lowest BCUT2D eigenvalue weighted by Crippen LogP contribution is -2.47. The molecule has 0 aliphatic heterocycles. The van der Waals surface area contributed by atoms with E-state index in [0.717, 1.165) is 13.1 Å². The number of nitrogen functional groups attached to an aromatic ring is 1. The predicted molar refractivity (Wildman–Crippen MR) is 105 cm³/mol. The summed E-state index contributed by atoms with van der Waals surface area (Å²) in [6, 6.07) is 3.23. The lowest BCUT2D eigenvalue weighted by Gasteiger charge is -2.33. The molecule has 0 heterocycles. The number of carbonyl (C=O) groups is 1. The third kappa shape index (κ3) is 5.80. The minimum atomic E-state index is -0.249. The zero-order valence-electron chi connectivity index (χ0n) is 15.2. The molecule has 138 valence electrons. The van der Waals surface area contributed by atoms with Gasteiger partial charge in [0.15, 0.2) is 0 Å². The summed E-state index contributed by atoms with van der Waals surface area (Å²) >= 11 is 6.04. The van der Waals surface area contributed by atoms with Crippen molar-refractivity contribution in [2.24, 2.45) is 5.92 Å². The smallest absolute Gasteiger partial charge is 0.255 e. The van der Waals surface area contributed by atoms with Gasteiger partial charge in [0, 0.05) is 31.7 Å². The van der Waals surface area contributed by atoms with Crippen LogP contribution in [0.5, 0.6) is 5.75 Å². The molecule has 0 fully saturated rings. The highest BCUT2D eigenvalue weighted by molar-refractivity contribution is 6.33. The molecule has 25 heavy (non-hydrogen) atoms. The van der Waals surface area contributed by atoms with Crippen LogP contribution >= 0.6 is 11.6 Å². The lowest BCUT2D eigenvalue weighted by atomic mass is 10.0. The van der Waals surface area contributed by atoms with Gasteiger partial charge in [0.25, 0.3) is 5.91 Å². The number of hydrogen-bond acceptors (Lipinski definition) is 4. The van der Waals surface area contributed by atoms with Crippen LogP contribution in [0.2, 0.25) is 5.02 Å². The van der Waals surface area contributed by atoms with Crippen molar-refractivity contribution in [1.29, 1.82) is 0 Å². The summed E-state index contributed by atoms with van der Waals surface area (Å²) in [5.74, 6) is 0.494. The van der Waals surface area contributed by atoms with E-state index in [1.54, 1.807) is 6.07 Å². The van der Waals surface area contributed by atoms with Gasteiger partial charge in [-0.3, -0.25) is 9.69 Å². The lowest BCUT2D eigenvalue weighted by molar-refractivity contribution is 0.0924. The van der Waals surface area contributed by atoms with Gasteiger partial charge in [0.1, 0.15) is 5.75 Å². The molecule has 0 radical (unpaired) electrons. The summed E-state index contributed by atoms with van der Waals surface area (Å²) in [6.07, 6.45) is 3.70. The van der Waals surface area contributed by atoms with Crippen molar-refractivity contribution in [1.82, 2.24) is 10.2 Å². The average molecular weight is 366 g/mol. The molecule has 0 saturated carbocycles. The Morgan fingerprint density at radius 1 is 1.36 bits per heavy atom. The Morgan fingerprint density at radius 3 is 2.44 bits per heavy atom. The van der Waals surface area contributed by atoms with E-state index in [1.165, 1.54) is 13.2 Å².